The van der Waals surface area contributed by atoms with Crippen LogP contribution in [0.5, 0.6) is 0 Å². The first-order chi connectivity index (χ1) is 13.4. The lowest BCUT2D eigenvalue weighted by Crippen LogP contribution is -2.31. The maximum atomic E-state index is 13.1. The van der Waals surface area contributed by atoms with Gasteiger partial charge in [-0.15, -0.1) is 0 Å². The number of anilines is 3. The van der Waals surface area contributed by atoms with E-state index in [4.69, 9.17) is 11.6 Å². The number of hydrogen-bond acceptors (Lipinski definition) is 5. The highest BCUT2D eigenvalue weighted by atomic mass is 35.5. The van der Waals surface area contributed by atoms with Gasteiger partial charge in [-0.3, -0.25) is 9.59 Å². The lowest BCUT2D eigenvalue weighted by atomic mass is 10.1. The smallest absolute Gasteiger partial charge is 0.277 e. The van der Waals surface area contributed by atoms with Crippen molar-refractivity contribution < 1.29 is 9.59 Å². The highest BCUT2D eigenvalue weighted by molar-refractivity contribution is 6.53. The quantitative estimate of drug-likeness (QED) is 0.625. The molecule has 2 aromatic carbocycles. The average molecular weight is 391 g/mol. The Morgan fingerprint density at radius 2 is 1.75 bits per heavy atom. The second-order valence-electron chi connectivity index (χ2n) is 6.51. The van der Waals surface area contributed by atoms with Gasteiger partial charge in [-0.2, -0.15) is 5.26 Å². The molecule has 2 heterocycles. The highest BCUT2D eigenvalue weighted by Crippen LogP contribution is 2.40. The van der Waals surface area contributed by atoms with Crippen molar-refractivity contribution in [3.05, 3.63) is 76.1 Å². The maximum Gasteiger partial charge on any atom is 0.277 e. The molecule has 7 heteroatoms. The number of rotatable bonds is 2. The Morgan fingerprint density at radius 1 is 1.07 bits per heavy atom. The van der Waals surface area contributed by atoms with E-state index in [1.807, 2.05) is 37.3 Å². The third-order valence-corrected chi connectivity index (χ3v) is 5.12. The molecule has 2 aliphatic rings. The summed E-state index contributed by atoms with van der Waals surface area (Å²) in [5.74, 6) is -0.852. The molecule has 0 atom stereocenters. The van der Waals surface area contributed by atoms with Crippen LogP contribution in [0.1, 0.15) is 5.56 Å². The molecule has 2 aromatic rings. The summed E-state index contributed by atoms with van der Waals surface area (Å²) in [6.07, 6.45) is 0. The number of imide groups is 1. The van der Waals surface area contributed by atoms with E-state index in [0.29, 0.717) is 11.5 Å². The molecule has 138 valence electrons. The van der Waals surface area contributed by atoms with Crippen molar-refractivity contribution in [1.29, 1.82) is 5.26 Å². The number of para-hydroxylation sites is 2. The van der Waals surface area contributed by atoms with Gasteiger partial charge >= 0.3 is 0 Å². The molecule has 0 saturated carbocycles. The van der Waals surface area contributed by atoms with Crippen LogP contribution in [0.4, 0.5) is 17.1 Å². The molecule has 0 bridgehead atoms. The van der Waals surface area contributed by atoms with Crippen LogP contribution in [-0.4, -0.2) is 18.9 Å². The van der Waals surface area contributed by atoms with Gasteiger partial charge in [-0.25, -0.2) is 4.90 Å². The van der Waals surface area contributed by atoms with Crippen LogP contribution in [-0.2, 0) is 9.59 Å². The fourth-order valence-electron chi connectivity index (χ4n) is 3.31. The predicted octanol–water partition coefficient (Wildman–Crippen LogP) is 3.66. The molecular weight excluding hydrogens is 376 g/mol. The Morgan fingerprint density at radius 3 is 2.39 bits per heavy atom. The zero-order chi connectivity index (χ0) is 20.0. The normalized spacial score (nSPS) is 17.6. The van der Waals surface area contributed by atoms with E-state index in [1.165, 1.54) is 0 Å². The maximum absolute atomic E-state index is 13.1. The molecule has 28 heavy (non-hydrogen) atoms. The molecule has 2 aliphatic heterocycles. The highest BCUT2D eigenvalue weighted by Gasteiger charge is 2.42. The van der Waals surface area contributed by atoms with Crippen LogP contribution in [0.2, 0.25) is 0 Å². The van der Waals surface area contributed by atoms with Crippen LogP contribution in [0.15, 0.2) is 70.5 Å². The van der Waals surface area contributed by atoms with E-state index < -0.39 is 11.8 Å². The van der Waals surface area contributed by atoms with Gasteiger partial charge in [0.1, 0.15) is 22.5 Å². The summed E-state index contributed by atoms with van der Waals surface area (Å²) in [6.45, 7) is 1.91. The Hall–Kier alpha value is -3.56. The van der Waals surface area contributed by atoms with Crippen LogP contribution in [0, 0.1) is 18.3 Å². The van der Waals surface area contributed by atoms with Crippen molar-refractivity contribution in [2.75, 3.05) is 22.2 Å². The van der Waals surface area contributed by atoms with Crippen LogP contribution in [0.25, 0.3) is 0 Å². The SMILES string of the molecule is Cc1ccc(N2C(=O)C(Cl)=C(/C(C#N)=C3\Nc4ccccc4N3C)C2=O)cc1. The standard InChI is InChI=1S/C21H15ClN4O2/c1-12-7-9-13(10-8-12)26-20(27)17(18(22)21(26)28)14(11-23)19-24-15-5-3-4-6-16(15)25(19)2/h3-10,24H,1-2H3/b19-14+. The number of nitrogens with zero attached hydrogens (tertiary/aromatic N) is 3. The number of halogens is 1. The fourth-order valence-corrected chi connectivity index (χ4v) is 3.57. The molecule has 6 nitrogen and oxygen atoms in total. The lowest BCUT2D eigenvalue weighted by molar-refractivity contribution is -0.120. The van der Waals surface area contributed by atoms with E-state index in [0.717, 1.165) is 21.8 Å². The summed E-state index contributed by atoms with van der Waals surface area (Å²) >= 11 is 6.25. The molecule has 0 aromatic heterocycles. The van der Waals surface area contributed by atoms with Gasteiger partial charge in [0, 0.05) is 7.05 Å². The van der Waals surface area contributed by atoms with Crippen molar-refractivity contribution in [2.24, 2.45) is 0 Å². The largest absolute Gasteiger partial charge is 0.339 e. The van der Waals surface area contributed by atoms with Crippen LogP contribution in [0.3, 0.4) is 0 Å². The number of benzene rings is 2. The summed E-state index contributed by atoms with van der Waals surface area (Å²) in [5, 5.41) is 12.7. The number of carbonyl (C=O) groups excluding carboxylic acids is 2. The fraction of sp³-hybridized carbons (Fsp3) is 0.0952. The van der Waals surface area contributed by atoms with Gasteiger partial charge < -0.3 is 10.2 Å². The van der Waals surface area contributed by atoms with Crippen molar-refractivity contribution in [3.8, 4) is 6.07 Å². The number of nitrogens with one attached hydrogen (secondary N) is 1. The first-order valence-electron chi connectivity index (χ1n) is 8.53. The summed E-state index contributed by atoms with van der Waals surface area (Å²) in [7, 11) is 1.78. The van der Waals surface area contributed by atoms with E-state index >= 15 is 0 Å². The lowest BCUT2D eigenvalue weighted by Gasteiger charge is -2.17. The number of nitriles is 1. The minimum absolute atomic E-state index is 0.0247. The predicted molar refractivity (Wildman–Crippen MR) is 108 cm³/mol. The minimum atomic E-state index is -0.642. The van der Waals surface area contributed by atoms with Gasteiger partial charge in [0.2, 0.25) is 0 Å². The summed E-state index contributed by atoms with van der Waals surface area (Å²) < 4.78 is 0. The third kappa shape index (κ3) is 2.56. The first kappa shape index (κ1) is 17.8. The monoisotopic (exact) mass is 390 g/mol. The Balaban J connectivity index is 1.80. The van der Waals surface area contributed by atoms with E-state index in [2.05, 4.69) is 5.32 Å². The average Bonchev–Trinajstić information content (AvgIpc) is 3.13. The molecule has 1 N–H and O–H groups in total. The number of hydrogen-bond donors (Lipinski definition) is 1. The number of fused-ring (bicyclic) bond motifs is 1. The summed E-state index contributed by atoms with van der Waals surface area (Å²) in [4.78, 5) is 28.5. The summed E-state index contributed by atoms with van der Waals surface area (Å²) in [5.41, 5.74) is 2.99. The Bertz CT molecular complexity index is 1130. The second-order valence-corrected chi connectivity index (χ2v) is 6.88. The first-order valence-corrected chi connectivity index (χ1v) is 8.91. The van der Waals surface area contributed by atoms with Crippen molar-refractivity contribution in [1.82, 2.24) is 0 Å². The molecule has 0 fully saturated rings. The van der Waals surface area contributed by atoms with Gasteiger partial charge in [-0.1, -0.05) is 41.4 Å². The zero-order valence-corrected chi connectivity index (χ0v) is 15.9. The number of amides is 2. The molecule has 2 amide bonds. The van der Waals surface area contributed by atoms with Gasteiger partial charge in [-0.05, 0) is 31.2 Å². The second kappa shape index (κ2) is 6.55. The number of aryl methyl sites for hydroxylation is 1. The molecule has 0 unspecified atom stereocenters. The van der Waals surface area contributed by atoms with Crippen molar-refractivity contribution in [3.63, 3.8) is 0 Å². The van der Waals surface area contributed by atoms with Gasteiger partial charge in [0.05, 0.1) is 22.6 Å². The number of carbonyl (C=O) groups is 2. The molecule has 0 saturated heterocycles. The van der Waals surface area contributed by atoms with Crippen molar-refractivity contribution in [2.45, 2.75) is 6.92 Å². The van der Waals surface area contributed by atoms with E-state index in [-0.39, 0.29) is 16.2 Å². The molecule has 0 spiro atoms. The Labute approximate surface area is 166 Å². The Kier molecular flexibility index (Phi) is 4.17. The van der Waals surface area contributed by atoms with Gasteiger partial charge in [0.15, 0.2) is 0 Å². The summed E-state index contributed by atoms with van der Waals surface area (Å²) in [6, 6.07) is 16.5. The molecular formula is C21H15ClN4O2. The molecule has 0 aliphatic carbocycles. The van der Waals surface area contributed by atoms with E-state index in [1.54, 1.807) is 36.2 Å². The molecule has 4 rings (SSSR count). The third-order valence-electron chi connectivity index (χ3n) is 4.77. The van der Waals surface area contributed by atoms with Crippen LogP contribution >= 0.6 is 11.6 Å². The zero-order valence-electron chi connectivity index (χ0n) is 15.2. The molecule has 0 radical (unpaired) electrons. The van der Waals surface area contributed by atoms with Gasteiger partial charge in [0.25, 0.3) is 11.8 Å². The van der Waals surface area contributed by atoms with Crippen LogP contribution < -0.4 is 15.1 Å². The van der Waals surface area contributed by atoms with Crippen molar-refractivity contribution >= 4 is 40.5 Å². The topological polar surface area (TPSA) is 76.4 Å². The van der Waals surface area contributed by atoms with E-state index in [9.17, 15) is 14.9 Å². The minimum Gasteiger partial charge on any atom is -0.339 e.